The summed E-state index contributed by atoms with van der Waals surface area (Å²) < 4.78 is 10.5. The topological polar surface area (TPSA) is 108 Å². The van der Waals surface area contributed by atoms with Crippen molar-refractivity contribution in [3.8, 4) is 0 Å². The van der Waals surface area contributed by atoms with E-state index in [0.717, 1.165) is 0 Å². The lowest BCUT2D eigenvalue weighted by molar-refractivity contribution is -0.384. The summed E-state index contributed by atoms with van der Waals surface area (Å²) in [7, 11) is 3.10. The Morgan fingerprint density at radius 2 is 1.90 bits per heavy atom. The zero-order valence-electron chi connectivity index (χ0n) is 11.8. The van der Waals surface area contributed by atoms with Crippen LogP contribution in [0.2, 0.25) is 0 Å². The summed E-state index contributed by atoms with van der Waals surface area (Å²) >= 11 is 0. The summed E-state index contributed by atoms with van der Waals surface area (Å²) in [5.41, 5.74) is 5.92. The van der Waals surface area contributed by atoms with Crippen LogP contribution in [0.3, 0.4) is 0 Å². The van der Waals surface area contributed by atoms with Gasteiger partial charge in [0.25, 0.3) is 11.6 Å². The van der Waals surface area contributed by atoms with Crippen molar-refractivity contribution in [1.29, 1.82) is 0 Å². The molecule has 2 rings (SSSR count). The second-order valence-corrected chi connectivity index (χ2v) is 4.79. The fraction of sp³-hybridized carbons (Fsp3) is 0.462. The minimum atomic E-state index is -0.559. The highest BCUT2D eigenvalue weighted by Gasteiger charge is 2.36. The third-order valence-electron chi connectivity index (χ3n) is 3.59. The van der Waals surface area contributed by atoms with E-state index in [4.69, 9.17) is 15.2 Å². The highest BCUT2D eigenvalue weighted by atomic mass is 16.6. The van der Waals surface area contributed by atoms with Crippen molar-refractivity contribution in [2.45, 2.75) is 12.2 Å². The standard InChI is InChI=1S/C13H17N3O5/c1-20-11-6-15(7-12(11)21-2)13(17)9-5-8(16(18)19)3-4-10(9)14/h3-5,11-12H,6-7,14H2,1-2H3. The number of carbonyl (C=O) groups is 1. The summed E-state index contributed by atoms with van der Waals surface area (Å²) in [6.45, 7) is 0.714. The number of benzene rings is 1. The van der Waals surface area contributed by atoms with E-state index in [-0.39, 0.29) is 35.1 Å². The van der Waals surface area contributed by atoms with Crippen molar-refractivity contribution in [2.75, 3.05) is 33.0 Å². The molecule has 1 aromatic carbocycles. The normalized spacial score (nSPS) is 21.5. The van der Waals surface area contributed by atoms with Gasteiger partial charge < -0.3 is 20.1 Å². The number of hydrogen-bond acceptors (Lipinski definition) is 6. The number of nitrogens with zero attached hydrogens (tertiary/aromatic N) is 2. The molecular weight excluding hydrogens is 278 g/mol. The molecule has 0 saturated carbocycles. The van der Waals surface area contributed by atoms with Crippen LogP contribution < -0.4 is 5.73 Å². The molecule has 0 aliphatic carbocycles. The van der Waals surface area contributed by atoms with Crippen molar-refractivity contribution < 1.29 is 19.2 Å². The van der Waals surface area contributed by atoms with Crippen molar-refractivity contribution in [3.05, 3.63) is 33.9 Å². The molecule has 2 unspecified atom stereocenters. The zero-order valence-corrected chi connectivity index (χ0v) is 11.8. The highest BCUT2D eigenvalue weighted by Crippen LogP contribution is 2.24. The third-order valence-corrected chi connectivity index (χ3v) is 3.59. The minimum absolute atomic E-state index is 0.121. The lowest BCUT2D eigenvalue weighted by atomic mass is 10.1. The molecule has 114 valence electrons. The van der Waals surface area contributed by atoms with Gasteiger partial charge in [-0.05, 0) is 6.07 Å². The van der Waals surface area contributed by atoms with Crippen LogP contribution in [-0.4, -0.2) is 55.2 Å². The van der Waals surface area contributed by atoms with E-state index >= 15 is 0 Å². The highest BCUT2D eigenvalue weighted by molar-refractivity contribution is 6.00. The van der Waals surface area contributed by atoms with Gasteiger partial charge in [0.2, 0.25) is 0 Å². The molecule has 1 heterocycles. The lowest BCUT2D eigenvalue weighted by Gasteiger charge is -2.16. The molecule has 0 radical (unpaired) electrons. The first-order valence-corrected chi connectivity index (χ1v) is 6.36. The number of anilines is 1. The van der Waals surface area contributed by atoms with Gasteiger partial charge in [0, 0.05) is 45.1 Å². The predicted octanol–water partition coefficient (Wildman–Crippen LogP) is 0.663. The Balaban J connectivity index is 2.25. The van der Waals surface area contributed by atoms with Gasteiger partial charge in [0.05, 0.1) is 10.5 Å². The second-order valence-electron chi connectivity index (χ2n) is 4.79. The molecule has 8 nitrogen and oxygen atoms in total. The zero-order chi connectivity index (χ0) is 15.6. The summed E-state index contributed by atoms with van der Waals surface area (Å²) in [6, 6.07) is 3.83. The Morgan fingerprint density at radius 1 is 1.33 bits per heavy atom. The Hall–Kier alpha value is -2.19. The molecule has 0 spiro atoms. The number of methoxy groups -OCH3 is 2. The number of non-ortho nitro benzene ring substituents is 1. The van der Waals surface area contributed by atoms with Gasteiger partial charge in [-0.3, -0.25) is 14.9 Å². The molecule has 1 aliphatic heterocycles. The first-order valence-electron chi connectivity index (χ1n) is 6.36. The molecule has 1 aliphatic rings. The molecule has 1 amide bonds. The molecule has 0 bridgehead atoms. The predicted molar refractivity (Wildman–Crippen MR) is 75.0 cm³/mol. The van der Waals surface area contributed by atoms with Gasteiger partial charge >= 0.3 is 0 Å². The minimum Gasteiger partial charge on any atom is -0.398 e. The third kappa shape index (κ3) is 2.96. The molecule has 2 N–H and O–H groups in total. The molecule has 1 fully saturated rings. The largest absolute Gasteiger partial charge is 0.398 e. The number of amides is 1. The van der Waals surface area contributed by atoms with Crippen molar-refractivity contribution in [3.63, 3.8) is 0 Å². The van der Waals surface area contributed by atoms with Crippen LogP contribution in [0.25, 0.3) is 0 Å². The Kier molecular flexibility index (Phi) is 4.39. The van der Waals surface area contributed by atoms with E-state index in [1.54, 1.807) is 14.2 Å². The second kappa shape index (κ2) is 6.06. The number of nitro benzene ring substituents is 1. The Labute approximate surface area is 121 Å². The quantitative estimate of drug-likeness (QED) is 0.496. The summed E-state index contributed by atoms with van der Waals surface area (Å²) in [5.74, 6) is -0.363. The molecule has 21 heavy (non-hydrogen) atoms. The van der Waals surface area contributed by atoms with Crippen LogP contribution in [0.1, 0.15) is 10.4 Å². The number of hydrogen-bond donors (Lipinski definition) is 1. The summed E-state index contributed by atoms with van der Waals surface area (Å²) in [6.07, 6.45) is -0.447. The van der Waals surface area contributed by atoms with Crippen LogP contribution in [0.5, 0.6) is 0 Å². The van der Waals surface area contributed by atoms with Gasteiger partial charge in [-0.1, -0.05) is 0 Å². The molecule has 1 saturated heterocycles. The SMILES string of the molecule is COC1CN(C(=O)c2cc([N+](=O)[O-])ccc2N)CC1OC. The smallest absolute Gasteiger partial charge is 0.270 e. The first-order chi connectivity index (χ1) is 9.97. The van der Waals surface area contributed by atoms with E-state index < -0.39 is 4.92 Å². The van der Waals surface area contributed by atoms with Gasteiger partial charge in [-0.15, -0.1) is 0 Å². The number of nitrogens with two attached hydrogens (primary N) is 1. The fourth-order valence-corrected chi connectivity index (χ4v) is 2.38. The number of ether oxygens (including phenoxy) is 2. The first kappa shape index (κ1) is 15.2. The summed E-state index contributed by atoms with van der Waals surface area (Å²) in [4.78, 5) is 24.2. The van der Waals surface area contributed by atoms with Gasteiger partial charge in [0.1, 0.15) is 12.2 Å². The van der Waals surface area contributed by atoms with E-state index in [9.17, 15) is 14.9 Å². The maximum atomic E-state index is 12.5. The van der Waals surface area contributed by atoms with Crippen LogP contribution in [0, 0.1) is 10.1 Å². The fourth-order valence-electron chi connectivity index (χ4n) is 2.38. The van der Waals surface area contributed by atoms with Crippen molar-refractivity contribution in [2.24, 2.45) is 0 Å². The average molecular weight is 295 g/mol. The summed E-state index contributed by atoms with van der Waals surface area (Å²) in [5, 5.41) is 10.8. The Bertz CT molecular complexity index is 551. The molecule has 2 atom stereocenters. The molecule has 1 aromatic rings. The van der Waals surface area contributed by atoms with Crippen LogP contribution in [0.4, 0.5) is 11.4 Å². The van der Waals surface area contributed by atoms with Crippen LogP contribution in [0.15, 0.2) is 18.2 Å². The monoisotopic (exact) mass is 295 g/mol. The van der Waals surface area contributed by atoms with E-state index in [0.29, 0.717) is 13.1 Å². The van der Waals surface area contributed by atoms with Gasteiger partial charge in [-0.25, -0.2) is 0 Å². The molecular formula is C13H17N3O5. The number of nitro groups is 1. The maximum Gasteiger partial charge on any atom is 0.270 e. The van der Waals surface area contributed by atoms with E-state index in [1.165, 1.54) is 23.1 Å². The average Bonchev–Trinajstić information content (AvgIpc) is 2.90. The van der Waals surface area contributed by atoms with Crippen molar-refractivity contribution in [1.82, 2.24) is 4.90 Å². The lowest BCUT2D eigenvalue weighted by Crippen LogP contribution is -2.30. The number of carbonyl (C=O) groups excluding carboxylic acids is 1. The molecule has 0 aromatic heterocycles. The van der Waals surface area contributed by atoms with E-state index in [1.807, 2.05) is 0 Å². The number of rotatable bonds is 4. The van der Waals surface area contributed by atoms with Crippen LogP contribution in [-0.2, 0) is 9.47 Å². The number of nitrogen functional groups attached to an aromatic ring is 1. The Morgan fingerprint density at radius 3 is 2.38 bits per heavy atom. The maximum absolute atomic E-state index is 12.5. The van der Waals surface area contributed by atoms with Gasteiger partial charge in [-0.2, -0.15) is 0 Å². The number of likely N-dealkylation sites (tertiary alicyclic amines) is 1. The van der Waals surface area contributed by atoms with Crippen LogP contribution >= 0.6 is 0 Å². The molecule has 8 heteroatoms. The van der Waals surface area contributed by atoms with E-state index in [2.05, 4.69) is 0 Å². The van der Waals surface area contributed by atoms with Crippen molar-refractivity contribution >= 4 is 17.3 Å². The van der Waals surface area contributed by atoms with Gasteiger partial charge in [0.15, 0.2) is 0 Å².